The van der Waals surface area contributed by atoms with Crippen molar-refractivity contribution < 1.29 is 13.3 Å². The maximum absolute atomic E-state index is 5.59. The van der Waals surface area contributed by atoms with Crippen molar-refractivity contribution in [1.29, 1.82) is 0 Å². The highest BCUT2D eigenvalue weighted by atomic mass is 28.4. The molecular formula is C9H23NO3Si. The van der Waals surface area contributed by atoms with Crippen LogP contribution < -0.4 is 5.73 Å². The molecule has 0 heterocycles. The van der Waals surface area contributed by atoms with E-state index in [0.29, 0.717) is 0 Å². The van der Waals surface area contributed by atoms with Gasteiger partial charge in [0.05, 0.1) is 5.67 Å². The van der Waals surface area contributed by atoms with Crippen molar-refractivity contribution >= 4 is 8.80 Å². The molecule has 0 aromatic heterocycles. The highest BCUT2D eigenvalue weighted by Crippen LogP contribution is 2.26. The van der Waals surface area contributed by atoms with E-state index in [0.717, 1.165) is 5.92 Å². The first-order valence-electron chi connectivity index (χ1n) is 4.93. The number of rotatable bonds is 4. The maximum Gasteiger partial charge on any atom is 0.517 e. The summed E-state index contributed by atoms with van der Waals surface area (Å²) in [5, 5.41) is 0. The highest BCUT2D eigenvalue weighted by Gasteiger charge is 2.42. The molecule has 0 amide bonds. The lowest BCUT2D eigenvalue weighted by Crippen LogP contribution is -2.57. The van der Waals surface area contributed by atoms with Crippen LogP contribution in [0.15, 0.2) is 0 Å². The van der Waals surface area contributed by atoms with E-state index in [9.17, 15) is 0 Å². The predicted octanol–water partition coefficient (Wildman–Crippen LogP) is 1.17. The molecule has 2 N–H and O–H groups in total. The van der Waals surface area contributed by atoms with Crippen LogP contribution in [0.2, 0.25) is 0 Å². The van der Waals surface area contributed by atoms with E-state index in [2.05, 4.69) is 6.92 Å². The molecule has 0 bridgehead atoms. The molecule has 1 atom stereocenters. The minimum absolute atomic E-state index is 0.188. The standard InChI is InChI=1S/C5H15NO3Si.C4H8/c1-5(6)10(7-2,8-3)9-4;1-4-2-3-4/h5H,6H2,1-4H3;4H,2-3H2,1H3. The van der Waals surface area contributed by atoms with E-state index in [1.54, 1.807) is 21.3 Å². The first kappa shape index (κ1) is 14.1. The summed E-state index contributed by atoms with van der Waals surface area (Å²) in [6.45, 7) is 4.09. The second-order valence-electron chi connectivity index (χ2n) is 3.69. The Hall–Kier alpha value is 0.0569. The molecule has 5 heteroatoms. The molecule has 0 aromatic rings. The lowest BCUT2D eigenvalue weighted by atomic mass is 10.5. The number of nitrogens with two attached hydrogens (primary N) is 1. The van der Waals surface area contributed by atoms with Gasteiger partial charge in [0.1, 0.15) is 0 Å². The van der Waals surface area contributed by atoms with Crippen LogP contribution in [0.5, 0.6) is 0 Å². The molecule has 1 aliphatic rings. The van der Waals surface area contributed by atoms with Crippen LogP contribution in [-0.2, 0) is 13.3 Å². The number of hydrogen-bond acceptors (Lipinski definition) is 4. The zero-order chi connectivity index (χ0) is 11.2. The van der Waals surface area contributed by atoms with Crippen LogP contribution in [-0.4, -0.2) is 35.8 Å². The molecule has 0 aliphatic heterocycles. The molecule has 0 saturated heterocycles. The molecule has 1 fully saturated rings. The van der Waals surface area contributed by atoms with Crippen molar-refractivity contribution in [2.24, 2.45) is 11.7 Å². The van der Waals surface area contributed by atoms with E-state index in [1.807, 2.05) is 6.92 Å². The summed E-state index contributed by atoms with van der Waals surface area (Å²) in [4.78, 5) is 0. The summed E-state index contributed by atoms with van der Waals surface area (Å²) < 4.78 is 15.2. The Labute approximate surface area is 88.1 Å². The van der Waals surface area contributed by atoms with Crippen molar-refractivity contribution in [3.8, 4) is 0 Å². The zero-order valence-electron chi connectivity index (χ0n) is 9.87. The minimum Gasteiger partial charge on any atom is -0.376 e. The van der Waals surface area contributed by atoms with Gasteiger partial charge in [-0.3, -0.25) is 0 Å². The van der Waals surface area contributed by atoms with Gasteiger partial charge >= 0.3 is 8.80 Å². The van der Waals surface area contributed by atoms with Crippen molar-refractivity contribution in [3.63, 3.8) is 0 Å². The number of hydrogen-bond donors (Lipinski definition) is 1. The van der Waals surface area contributed by atoms with Gasteiger partial charge in [0.2, 0.25) is 0 Å². The fourth-order valence-electron chi connectivity index (χ4n) is 0.974. The lowest BCUT2D eigenvalue weighted by Gasteiger charge is -2.27. The van der Waals surface area contributed by atoms with Crippen molar-refractivity contribution in [3.05, 3.63) is 0 Å². The van der Waals surface area contributed by atoms with E-state index in [4.69, 9.17) is 19.0 Å². The normalized spacial score (nSPS) is 18.4. The Morgan fingerprint density at radius 1 is 1.14 bits per heavy atom. The fourth-order valence-corrected chi connectivity index (χ4v) is 2.59. The van der Waals surface area contributed by atoms with Gasteiger partial charge in [-0.05, 0) is 12.8 Å². The van der Waals surface area contributed by atoms with Crippen LogP contribution in [0, 0.1) is 5.92 Å². The smallest absolute Gasteiger partial charge is 0.376 e. The zero-order valence-corrected chi connectivity index (χ0v) is 10.9. The first-order chi connectivity index (χ1) is 6.52. The average molecular weight is 221 g/mol. The average Bonchev–Trinajstić information content (AvgIpc) is 2.92. The Morgan fingerprint density at radius 2 is 1.43 bits per heavy atom. The highest BCUT2D eigenvalue weighted by molar-refractivity contribution is 6.62. The summed E-state index contributed by atoms with van der Waals surface area (Å²) in [6.07, 6.45) is 2.97. The van der Waals surface area contributed by atoms with E-state index in [1.165, 1.54) is 12.8 Å². The Bertz CT molecular complexity index is 139. The molecule has 4 nitrogen and oxygen atoms in total. The van der Waals surface area contributed by atoms with E-state index in [-0.39, 0.29) is 5.67 Å². The van der Waals surface area contributed by atoms with Crippen LogP contribution in [0.4, 0.5) is 0 Å². The monoisotopic (exact) mass is 221 g/mol. The fraction of sp³-hybridized carbons (Fsp3) is 1.00. The molecule has 1 aliphatic carbocycles. The Kier molecular flexibility index (Phi) is 6.55. The largest absolute Gasteiger partial charge is 0.517 e. The molecule has 1 rings (SSSR count). The second kappa shape index (κ2) is 6.52. The maximum atomic E-state index is 5.59. The molecule has 14 heavy (non-hydrogen) atoms. The third kappa shape index (κ3) is 4.52. The summed E-state index contributed by atoms with van der Waals surface area (Å²) in [5.41, 5.74) is 5.40. The van der Waals surface area contributed by atoms with Gasteiger partial charge in [-0.2, -0.15) is 0 Å². The van der Waals surface area contributed by atoms with Crippen molar-refractivity contribution in [2.45, 2.75) is 32.4 Å². The van der Waals surface area contributed by atoms with Crippen LogP contribution in [0.25, 0.3) is 0 Å². The summed E-state index contributed by atoms with van der Waals surface area (Å²) in [6, 6.07) is 0. The molecule has 1 unspecified atom stereocenters. The van der Waals surface area contributed by atoms with E-state index < -0.39 is 8.80 Å². The van der Waals surface area contributed by atoms with Gasteiger partial charge in [0.25, 0.3) is 0 Å². The van der Waals surface area contributed by atoms with E-state index >= 15 is 0 Å². The SMILES string of the molecule is CC1CC1.CO[Si](OC)(OC)C(C)N. The first-order valence-corrected chi connectivity index (χ1v) is 6.73. The summed E-state index contributed by atoms with van der Waals surface area (Å²) >= 11 is 0. The lowest BCUT2D eigenvalue weighted by molar-refractivity contribution is 0.115. The predicted molar refractivity (Wildman–Crippen MR) is 58.8 cm³/mol. The quantitative estimate of drug-likeness (QED) is 0.724. The van der Waals surface area contributed by atoms with Crippen LogP contribution >= 0.6 is 0 Å². The third-order valence-corrected chi connectivity index (χ3v) is 5.10. The molecule has 0 aromatic carbocycles. The van der Waals surface area contributed by atoms with Crippen molar-refractivity contribution in [1.82, 2.24) is 0 Å². The van der Waals surface area contributed by atoms with Gasteiger partial charge in [-0.15, -0.1) is 0 Å². The second-order valence-corrected chi connectivity index (χ2v) is 7.03. The summed E-state index contributed by atoms with van der Waals surface area (Å²) in [5.74, 6) is 1.08. The van der Waals surface area contributed by atoms with Gasteiger partial charge in [-0.25, -0.2) is 0 Å². The van der Waals surface area contributed by atoms with Gasteiger partial charge in [0.15, 0.2) is 0 Å². The summed E-state index contributed by atoms with van der Waals surface area (Å²) in [7, 11) is 2.12. The molecule has 0 spiro atoms. The minimum atomic E-state index is -2.52. The molecule has 86 valence electrons. The van der Waals surface area contributed by atoms with Gasteiger partial charge in [-0.1, -0.05) is 19.8 Å². The van der Waals surface area contributed by atoms with Crippen molar-refractivity contribution in [2.75, 3.05) is 21.3 Å². The third-order valence-electron chi connectivity index (χ3n) is 2.28. The Morgan fingerprint density at radius 3 is 1.43 bits per heavy atom. The van der Waals surface area contributed by atoms with Gasteiger partial charge in [0, 0.05) is 21.3 Å². The van der Waals surface area contributed by atoms with Gasteiger partial charge < -0.3 is 19.0 Å². The molecule has 1 saturated carbocycles. The topological polar surface area (TPSA) is 53.7 Å². The van der Waals surface area contributed by atoms with Crippen LogP contribution in [0.1, 0.15) is 26.7 Å². The van der Waals surface area contributed by atoms with Crippen LogP contribution in [0.3, 0.4) is 0 Å². The molecule has 0 radical (unpaired) electrons. The Balaban J connectivity index is 0.000000344. The molecular weight excluding hydrogens is 198 g/mol.